The average molecular weight is 169 g/mol. The standard InChI is InChI=1S/C8H11NOS/c1-2-5-9(7-10)8-4-3-6-11-8/h3-4,6-7H,2,5H2,1H3. The molecule has 1 aromatic rings. The largest absolute Gasteiger partial charge is 0.306 e. The van der Waals surface area contributed by atoms with E-state index in [1.807, 2.05) is 17.5 Å². The quantitative estimate of drug-likeness (QED) is 0.632. The van der Waals surface area contributed by atoms with Crippen LogP contribution < -0.4 is 4.90 Å². The normalized spacial score (nSPS) is 9.55. The monoisotopic (exact) mass is 169 g/mol. The molecule has 1 aromatic heterocycles. The maximum Gasteiger partial charge on any atom is 0.214 e. The van der Waals surface area contributed by atoms with Gasteiger partial charge in [0, 0.05) is 6.54 Å². The molecule has 0 atom stereocenters. The molecule has 0 aliphatic rings. The Morgan fingerprint density at radius 1 is 1.73 bits per heavy atom. The first-order chi connectivity index (χ1) is 5.38. The lowest BCUT2D eigenvalue weighted by atomic mass is 10.4. The van der Waals surface area contributed by atoms with E-state index in [0.29, 0.717) is 0 Å². The van der Waals surface area contributed by atoms with Crippen molar-refractivity contribution in [3.05, 3.63) is 17.5 Å². The Bertz CT molecular complexity index is 208. The van der Waals surface area contributed by atoms with Crippen LogP contribution in [0.25, 0.3) is 0 Å². The summed E-state index contributed by atoms with van der Waals surface area (Å²) >= 11 is 1.59. The van der Waals surface area contributed by atoms with Crippen LogP contribution in [0.2, 0.25) is 0 Å². The number of hydrogen-bond donors (Lipinski definition) is 0. The molecule has 0 saturated heterocycles. The highest BCUT2D eigenvalue weighted by atomic mass is 32.1. The summed E-state index contributed by atoms with van der Waals surface area (Å²) in [4.78, 5) is 12.3. The number of amides is 1. The number of carbonyl (C=O) groups is 1. The van der Waals surface area contributed by atoms with Gasteiger partial charge in [-0.05, 0) is 23.9 Å². The van der Waals surface area contributed by atoms with Crippen LogP contribution in [0.5, 0.6) is 0 Å². The summed E-state index contributed by atoms with van der Waals surface area (Å²) in [5.74, 6) is 0. The summed E-state index contributed by atoms with van der Waals surface area (Å²) in [5, 5.41) is 3.00. The molecule has 60 valence electrons. The Hall–Kier alpha value is -0.830. The predicted molar refractivity (Wildman–Crippen MR) is 48.0 cm³/mol. The second kappa shape index (κ2) is 4.13. The van der Waals surface area contributed by atoms with E-state index in [2.05, 4.69) is 6.92 Å². The molecule has 1 amide bonds. The van der Waals surface area contributed by atoms with Crippen molar-refractivity contribution in [2.24, 2.45) is 0 Å². The van der Waals surface area contributed by atoms with Crippen LogP contribution in [0.1, 0.15) is 13.3 Å². The molecule has 0 unspecified atom stereocenters. The lowest BCUT2D eigenvalue weighted by Crippen LogP contribution is -2.20. The molecule has 0 aliphatic heterocycles. The highest BCUT2D eigenvalue weighted by Gasteiger charge is 2.02. The molecule has 2 nitrogen and oxygen atoms in total. The van der Waals surface area contributed by atoms with E-state index in [0.717, 1.165) is 24.4 Å². The average Bonchev–Trinajstić information content (AvgIpc) is 2.52. The molecule has 3 heteroatoms. The minimum atomic E-state index is 0.810. The zero-order chi connectivity index (χ0) is 8.10. The first-order valence-corrected chi connectivity index (χ1v) is 4.52. The van der Waals surface area contributed by atoms with Crippen molar-refractivity contribution < 1.29 is 4.79 Å². The second-order valence-electron chi connectivity index (χ2n) is 2.25. The van der Waals surface area contributed by atoms with Crippen LogP contribution in [0.3, 0.4) is 0 Å². The maximum absolute atomic E-state index is 10.5. The van der Waals surface area contributed by atoms with E-state index in [1.165, 1.54) is 0 Å². The van der Waals surface area contributed by atoms with E-state index >= 15 is 0 Å². The van der Waals surface area contributed by atoms with E-state index in [1.54, 1.807) is 16.2 Å². The summed E-state index contributed by atoms with van der Waals surface area (Å²) in [7, 11) is 0. The molecule has 0 aliphatic carbocycles. The lowest BCUT2D eigenvalue weighted by Gasteiger charge is -2.12. The van der Waals surface area contributed by atoms with Gasteiger partial charge in [0.2, 0.25) is 6.41 Å². The summed E-state index contributed by atoms with van der Waals surface area (Å²) in [5.41, 5.74) is 0. The molecule has 0 radical (unpaired) electrons. The Balaban J connectivity index is 2.63. The van der Waals surface area contributed by atoms with Crippen LogP contribution >= 0.6 is 11.3 Å². The van der Waals surface area contributed by atoms with Crippen LogP contribution in [-0.4, -0.2) is 13.0 Å². The number of nitrogens with zero attached hydrogens (tertiary/aromatic N) is 1. The molecule has 0 spiro atoms. The van der Waals surface area contributed by atoms with Gasteiger partial charge in [-0.1, -0.05) is 6.92 Å². The van der Waals surface area contributed by atoms with E-state index in [4.69, 9.17) is 0 Å². The van der Waals surface area contributed by atoms with Gasteiger partial charge in [-0.2, -0.15) is 0 Å². The molecule has 11 heavy (non-hydrogen) atoms. The molecule has 1 heterocycles. The summed E-state index contributed by atoms with van der Waals surface area (Å²) in [6.45, 7) is 2.87. The van der Waals surface area contributed by atoms with Gasteiger partial charge in [-0.15, -0.1) is 11.3 Å². The van der Waals surface area contributed by atoms with Gasteiger partial charge in [0.25, 0.3) is 0 Å². The van der Waals surface area contributed by atoms with Crippen LogP contribution in [0, 0.1) is 0 Å². The molecule has 0 N–H and O–H groups in total. The zero-order valence-electron chi connectivity index (χ0n) is 6.49. The van der Waals surface area contributed by atoms with Gasteiger partial charge < -0.3 is 4.90 Å². The number of rotatable bonds is 4. The molecule has 0 aromatic carbocycles. The topological polar surface area (TPSA) is 20.3 Å². The summed E-state index contributed by atoms with van der Waals surface area (Å²) < 4.78 is 0. The fourth-order valence-corrected chi connectivity index (χ4v) is 1.61. The third-order valence-electron chi connectivity index (χ3n) is 1.38. The third-order valence-corrected chi connectivity index (χ3v) is 2.29. The van der Waals surface area contributed by atoms with Crippen molar-refractivity contribution in [2.45, 2.75) is 13.3 Å². The number of anilines is 1. The Kier molecular flexibility index (Phi) is 3.11. The van der Waals surface area contributed by atoms with Crippen molar-refractivity contribution in [3.63, 3.8) is 0 Å². The SMILES string of the molecule is CCCN(C=O)c1cccs1. The van der Waals surface area contributed by atoms with E-state index in [-0.39, 0.29) is 0 Å². The fourth-order valence-electron chi connectivity index (χ4n) is 0.889. The lowest BCUT2D eigenvalue weighted by molar-refractivity contribution is -0.107. The molecule has 0 fully saturated rings. The second-order valence-corrected chi connectivity index (χ2v) is 3.18. The van der Waals surface area contributed by atoms with Crippen molar-refractivity contribution in [2.75, 3.05) is 11.4 Å². The first-order valence-electron chi connectivity index (χ1n) is 3.64. The van der Waals surface area contributed by atoms with Gasteiger partial charge in [0.15, 0.2) is 0 Å². The van der Waals surface area contributed by atoms with Gasteiger partial charge in [-0.3, -0.25) is 4.79 Å². The van der Waals surface area contributed by atoms with Crippen LogP contribution in [0.15, 0.2) is 17.5 Å². The molecule has 0 bridgehead atoms. The van der Waals surface area contributed by atoms with Crippen LogP contribution in [0.4, 0.5) is 5.00 Å². The summed E-state index contributed by atoms with van der Waals surface area (Å²) in [6.07, 6.45) is 1.88. The van der Waals surface area contributed by atoms with Crippen molar-refractivity contribution in [3.8, 4) is 0 Å². The van der Waals surface area contributed by atoms with Gasteiger partial charge in [-0.25, -0.2) is 0 Å². The number of thiophene rings is 1. The van der Waals surface area contributed by atoms with Crippen molar-refractivity contribution >= 4 is 22.7 Å². The van der Waals surface area contributed by atoms with Crippen molar-refractivity contribution in [1.29, 1.82) is 0 Å². The summed E-state index contributed by atoms with van der Waals surface area (Å²) in [6, 6.07) is 3.90. The van der Waals surface area contributed by atoms with E-state index in [9.17, 15) is 4.79 Å². The first kappa shape index (κ1) is 8.27. The Morgan fingerprint density at radius 3 is 3.00 bits per heavy atom. The van der Waals surface area contributed by atoms with Gasteiger partial charge >= 0.3 is 0 Å². The highest BCUT2D eigenvalue weighted by molar-refractivity contribution is 7.14. The third kappa shape index (κ3) is 2.05. The van der Waals surface area contributed by atoms with Crippen molar-refractivity contribution in [1.82, 2.24) is 0 Å². The minimum absolute atomic E-state index is 0.810. The highest BCUT2D eigenvalue weighted by Crippen LogP contribution is 2.19. The Labute approximate surface area is 70.5 Å². The number of carbonyl (C=O) groups excluding carboxylic acids is 1. The Morgan fingerprint density at radius 2 is 2.55 bits per heavy atom. The predicted octanol–water partition coefficient (Wildman–Crippen LogP) is 2.12. The smallest absolute Gasteiger partial charge is 0.214 e. The maximum atomic E-state index is 10.5. The van der Waals surface area contributed by atoms with Gasteiger partial charge in [0.1, 0.15) is 0 Å². The molecule has 1 rings (SSSR count). The molecule has 0 saturated carbocycles. The fraction of sp³-hybridized carbons (Fsp3) is 0.375. The van der Waals surface area contributed by atoms with E-state index < -0.39 is 0 Å². The zero-order valence-corrected chi connectivity index (χ0v) is 7.30. The minimum Gasteiger partial charge on any atom is -0.306 e. The number of hydrogen-bond acceptors (Lipinski definition) is 2. The van der Waals surface area contributed by atoms with Gasteiger partial charge in [0.05, 0.1) is 5.00 Å². The molecular weight excluding hydrogens is 158 g/mol. The molecular formula is C8H11NOS. The van der Waals surface area contributed by atoms with Crippen LogP contribution in [-0.2, 0) is 4.79 Å².